The molecule has 0 atom stereocenters. The van der Waals surface area contributed by atoms with Crippen molar-refractivity contribution in [3.63, 3.8) is 0 Å². The van der Waals surface area contributed by atoms with Crippen molar-refractivity contribution < 1.29 is 9.53 Å². The Morgan fingerprint density at radius 2 is 2.04 bits per heavy atom. The van der Waals surface area contributed by atoms with Crippen LogP contribution in [0.15, 0.2) is 42.0 Å². The third-order valence-corrected chi connectivity index (χ3v) is 3.90. The SMILES string of the molecule is COc1cc(Cl)c(C)cc1NC(=O)/C(C#N)=C/c1cccc(Cl)c1. The van der Waals surface area contributed by atoms with E-state index in [0.29, 0.717) is 27.0 Å². The number of benzene rings is 2. The van der Waals surface area contributed by atoms with E-state index in [0.717, 1.165) is 5.56 Å². The highest BCUT2D eigenvalue weighted by molar-refractivity contribution is 6.31. The van der Waals surface area contributed by atoms with Gasteiger partial charge in [0, 0.05) is 16.1 Å². The van der Waals surface area contributed by atoms with Gasteiger partial charge in [0.25, 0.3) is 5.91 Å². The van der Waals surface area contributed by atoms with Crippen LogP contribution in [0.3, 0.4) is 0 Å². The number of amides is 1. The lowest BCUT2D eigenvalue weighted by Gasteiger charge is -2.12. The second-order valence-electron chi connectivity index (χ2n) is 4.98. The summed E-state index contributed by atoms with van der Waals surface area (Å²) >= 11 is 12.0. The molecule has 2 aromatic carbocycles. The van der Waals surface area contributed by atoms with Crippen LogP contribution in [0.5, 0.6) is 5.75 Å². The molecule has 0 unspecified atom stereocenters. The third kappa shape index (κ3) is 4.29. The Bertz CT molecular complexity index is 855. The highest BCUT2D eigenvalue weighted by Gasteiger charge is 2.14. The molecule has 0 bridgehead atoms. The molecule has 0 spiro atoms. The monoisotopic (exact) mass is 360 g/mol. The molecule has 2 rings (SSSR count). The lowest BCUT2D eigenvalue weighted by atomic mass is 10.1. The molecule has 0 aromatic heterocycles. The quantitative estimate of drug-likeness (QED) is 0.625. The predicted octanol–water partition coefficient (Wildman–Crippen LogP) is 4.86. The van der Waals surface area contributed by atoms with Crippen LogP contribution in [0.2, 0.25) is 10.0 Å². The fourth-order valence-electron chi connectivity index (χ4n) is 2.03. The lowest BCUT2D eigenvalue weighted by Crippen LogP contribution is -2.14. The minimum Gasteiger partial charge on any atom is -0.495 e. The molecule has 1 N–H and O–H groups in total. The number of halogens is 2. The molecule has 2 aromatic rings. The molecule has 0 aliphatic heterocycles. The van der Waals surface area contributed by atoms with Crippen LogP contribution in [0.1, 0.15) is 11.1 Å². The second-order valence-corrected chi connectivity index (χ2v) is 5.82. The van der Waals surface area contributed by atoms with Gasteiger partial charge in [0.05, 0.1) is 12.8 Å². The van der Waals surface area contributed by atoms with E-state index in [1.807, 2.05) is 13.0 Å². The molecule has 0 aliphatic carbocycles. The lowest BCUT2D eigenvalue weighted by molar-refractivity contribution is -0.112. The van der Waals surface area contributed by atoms with Crippen molar-refractivity contribution in [2.24, 2.45) is 0 Å². The molecule has 4 nitrogen and oxygen atoms in total. The molecule has 6 heteroatoms. The molecule has 24 heavy (non-hydrogen) atoms. The molecule has 0 aliphatic rings. The Balaban J connectivity index is 2.31. The van der Waals surface area contributed by atoms with Gasteiger partial charge >= 0.3 is 0 Å². The summed E-state index contributed by atoms with van der Waals surface area (Å²) in [5.41, 5.74) is 1.84. The van der Waals surface area contributed by atoms with Gasteiger partial charge in [-0.2, -0.15) is 5.26 Å². The fourth-order valence-corrected chi connectivity index (χ4v) is 2.38. The van der Waals surface area contributed by atoms with Crippen LogP contribution in [0.4, 0.5) is 5.69 Å². The van der Waals surface area contributed by atoms with Crippen LogP contribution in [-0.4, -0.2) is 13.0 Å². The van der Waals surface area contributed by atoms with Crippen molar-refractivity contribution in [1.29, 1.82) is 5.26 Å². The topological polar surface area (TPSA) is 62.1 Å². The second kappa shape index (κ2) is 7.87. The number of aryl methyl sites for hydroxylation is 1. The summed E-state index contributed by atoms with van der Waals surface area (Å²) in [5.74, 6) is -0.128. The number of hydrogen-bond acceptors (Lipinski definition) is 3. The van der Waals surface area contributed by atoms with E-state index in [1.54, 1.807) is 36.4 Å². The first-order chi connectivity index (χ1) is 11.4. The smallest absolute Gasteiger partial charge is 0.266 e. The summed E-state index contributed by atoms with van der Waals surface area (Å²) in [4.78, 5) is 12.4. The molecule has 1 amide bonds. The number of anilines is 1. The van der Waals surface area contributed by atoms with Crippen LogP contribution in [-0.2, 0) is 4.79 Å². The zero-order valence-electron chi connectivity index (χ0n) is 13.1. The Morgan fingerprint density at radius 3 is 2.67 bits per heavy atom. The van der Waals surface area contributed by atoms with Gasteiger partial charge in [0.15, 0.2) is 0 Å². The summed E-state index contributed by atoms with van der Waals surface area (Å²) in [6.45, 7) is 1.81. The fraction of sp³-hybridized carbons (Fsp3) is 0.111. The largest absolute Gasteiger partial charge is 0.495 e. The molecular formula is C18H14Cl2N2O2. The highest BCUT2D eigenvalue weighted by atomic mass is 35.5. The number of ether oxygens (including phenoxy) is 1. The van der Waals surface area contributed by atoms with E-state index >= 15 is 0 Å². The maximum Gasteiger partial charge on any atom is 0.266 e. The normalized spacial score (nSPS) is 10.9. The Hall–Kier alpha value is -2.48. The van der Waals surface area contributed by atoms with E-state index in [9.17, 15) is 10.1 Å². The zero-order chi connectivity index (χ0) is 17.7. The van der Waals surface area contributed by atoms with Crippen molar-refractivity contribution in [2.45, 2.75) is 6.92 Å². The Labute approximate surface area is 150 Å². The maximum atomic E-state index is 12.4. The first-order valence-electron chi connectivity index (χ1n) is 6.97. The molecule has 0 saturated heterocycles. The maximum absolute atomic E-state index is 12.4. The Kier molecular flexibility index (Phi) is 5.86. The Morgan fingerprint density at radius 1 is 1.29 bits per heavy atom. The molecule has 0 heterocycles. The average molecular weight is 361 g/mol. The van der Waals surface area contributed by atoms with Gasteiger partial charge in [-0.15, -0.1) is 0 Å². The van der Waals surface area contributed by atoms with Crippen molar-refractivity contribution in [3.05, 3.63) is 63.1 Å². The molecule has 0 radical (unpaired) electrons. The first-order valence-corrected chi connectivity index (χ1v) is 7.73. The molecule has 0 saturated carbocycles. The van der Waals surface area contributed by atoms with Crippen LogP contribution < -0.4 is 10.1 Å². The van der Waals surface area contributed by atoms with Crippen molar-refractivity contribution in [1.82, 2.24) is 0 Å². The molecule has 0 fully saturated rings. The zero-order valence-corrected chi connectivity index (χ0v) is 14.6. The summed E-state index contributed by atoms with van der Waals surface area (Å²) < 4.78 is 5.21. The van der Waals surface area contributed by atoms with Crippen molar-refractivity contribution >= 4 is 40.9 Å². The van der Waals surface area contributed by atoms with Crippen molar-refractivity contribution in [3.8, 4) is 11.8 Å². The molecule has 122 valence electrons. The number of nitrogens with one attached hydrogen (secondary N) is 1. The number of nitrogens with zero attached hydrogens (tertiary/aromatic N) is 1. The number of carbonyl (C=O) groups excluding carboxylic acids is 1. The van der Waals surface area contributed by atoms with Crippen LogP contribution in [0.25, 0.3) is 6.08 Å². The number of rotatable bonds is 4. The number of methoxy groups -OCH3 is 1. The van der Waals surface area contributed by atoms with Crippen LogP contribution >= 0.6 is 23.2 Å². The van der Waals surface area contributed by atoms with E-state index in [2.05, 4.69) is 5.32 Å². The van der Waals surface area contributed by atoms with E-state index in [4.69, 9.17) is 27.9 Å². The third-order valence-electron chi connectivity index (χ3n) is 3.25. The minimum absolute atomic E-state index is 0.0491. The minimum atomic E-state index is -0.544. The van der Waals surface area contributed by atoms with Gasteiger partial charge in [-0.25, -0.2) is 0 Å². The van der Waals surface area contributed by atoms with Gasteiger partial charge in [-0.3, -0.25) is 4.79 Å². The molecular weight excluding hydrogens is 347 g/mol. The van der Waals surface area contributed by atoms with Gasteiger partial charge in [-0.1, -0.05) is 35.3 Å². The van der Waals surface area contributed by atoms with Crippen molar-refractivity contribution in [2.75, 3.05) is 12.4 Å². The van der Waals surface area contributed by atoms with Gasteiger partial charge in [0.2, 0.25) is 0 Å². The van der Waals surface area contributed by atoms with Gasteiger partial charge < -0.3 is 10.1 Å². The number of nitriles is 1. The van der Waals surface area contributed by atoms with Gasteiger partial charge in [-0.05, 0) is 42.3 Å². The standard InChI is InChI=1S/C18H14Cl2N2O2/c1-11-6-16(17(24-2)9-15(11)20)22-18(23)13(10-21)7-12-4-3-5-14(19)8-12/h3-9H,1-2H3,(H,22,23)/b13-7+. The highest BCUT2D eigenvalue weighted by Crippen LogP contribution is 2.31. The van der Waals surface area contributed by atoms with E-state index in [-0.39, 0.29) is 5.57 Å². The summed E-state index contributed by atoms with van der Waals surface area (Å²) in [6.07, 6.45) is 1.47. The summed E-state index contributed by atoms with van der Waals surface area (Å²) in [6, 6.07) is 12.1. The van der Waals surface area contributed by atoms with E-state index in [1.165, 1.54) is 13.2 Å². The summed E-state index contributed by atoms with van der Waals surface area (Å²) in [5, 5.41) is 13.0. The number of carbonyl (C=O) groups is 1. The number of hydrogen-bond donors (Lipinski definition) is 1. The first kappa shape index (κ1) is 17.9. The predicted molar refractivity (Wildman–Crippen MR) is 96.4 cm³/mol. The van der Waals surface area contributed by atoms with Gasteiger partial charge in [0.1, 0.15) is 17.4 Å². The van der Waals surface area contributed by atoms with E-state index < -0.39 is 5.91 Å². The average Bonchev–Trinajstić information content (AvgIpc) is 2.55. The van der Waals surface area contributed by atoms with Crippen LogP contribution in [0, 0.1) is 18.3 Å². The summed E-state index contributed by atoms with van der Waals surface area (Å²) in [7, 11) is 1.48.